The molecule has 3 nitrogen and oxygen atoms in total. The van der Waals surface area contributed by atoms with Crippen LogP contribution < -0.4 is 5.32 Å². The number of nitrogens with one attached hydrogen (secondary N) is 1. The van der Waals surface area contributed by atoms with Gasteiger partial charge in [0.25, 0.3) is 0 Å². The van der Waals surface area contributed by atoms with Crippen LogP contribution in [0.3, 0.4) is 0 Å². The quantitative estimate of drug-likeness (QED) is 0.826. The molecule has 0 saturated carbocycles. The van der Waals surface area contributed by atoms with E-state index in [2.05, 4.69) is 24.4 Å². The van der Waals surface area contributed by atoms with E-state index in [0.717, 1.165) is 11.3 Å². The maximum absolute atomic E-state index is 12.4. The highest BCUT2D eigenvalue weighted by Crippen LogP contribution is 2.27. The van der Waals surface area contributed by atoms with Crippen LogP contribution in [0.2, 0.25) is 5.02 Å². The molecule has 0 aromatic heterocycles. The fourth-order valence-electron chi connectivity index (χ4n) is 2.70. The standard InChI is InChI=1S/C17H17ClN2O/c1-11-4-3-5-13-9-20(10-15(11)13)17(21)19-16-7-6-14(18)8-12(16)2/h3-8H,9-10H2,1-2H3,(H,19,21). The van der Waals surface area contributed by atoms with Gasteiger partial charge in [0, 0.05) is 23.8 Å². The molecule has 0 saturated heterocycles. The normalized spacial score (nSPS) is 13.2. The van der Waals surface area contributed by atoms with E-state index in [-0.39, 0.29) is 6.03 Å². The van der Waals surface area contributed by atoms with Gasteiger partial charge in [-0.1, -0.05) is 29.8 Å². The van der Waals surface area contributed by atoms with Crippen LogP contribution in [0, 0.1) is 13.8 Å². The number of amides is 2. The third-order valence-electron chi connectivity index (χ3n) is 3.93. The van der Waals surface area contributed by atoms with Crippen LogP contribution in [-0.2, 0) is 13.1 Å². The van der Waals surface area contributed by atoms with Gasteiger partial charge in [-0.15, -0.1) is 0 Å². The Hall–Kier alpha value is -2.00. The second kappa shape index (κ2) is 5.41. The van der Waals surface area contributed by atoms with E-state index in [9.17, 15) is 4.79 Å². The summed E-state index contributed by atoms with van der Waals surface area (Å²) in [6.45, 7) is 5.35. The molecule has 3 rings (SSSR count). The molecule has 0 aliphatic carbocycles. The molecule has 2 amide bonds. The molecule has 0 atom stereocenters. The highest BCUT2D eigenvalue weighted by atomic mass is 35.5. The Bertz CT molecular complexity index is 712. The third-order valence-corrected chi connectivity index (χ3v) is 4.17. The van der Waals surface area contributed by atoms with Crippen molar-refractivity contribution in [1.29, 1.82) is 0 Å². The number of carbonyl (C=O) groups is 1. The van der Waals surface area contributed by atoms with E-state index in [0.29, 0.717) is 18.1 Å². The van der Waals surface area contributed by atoms with Gasteiger partial charge in [0.1, 0.15) is 0 Å². The Morgan fingerprint density at radius 2 is 1.95 bits per heavy atom. The molecule has 0 spiro atoms. The topological polar surface area (TPSA) is 32.3 Å². The smallest absolute Gasteiger partial charge is 0.316 e. The summed E-state index contributed by atoms with van der Waals surface area (Å²) >= 11 is 5.94. The summed E-state index contributed by atoms with van der Waals surface area (Å²) in [5, 5.41) is 3.64. The van der Waals surface area contributed by atoms with E-state index in [4.69, 9.17) is 11.6 Å². The highest BCUT2D eigenvalue weighted by molar-refractivity contribution is 6.30. The highest BCUT2D eigenvalue weighted by Gasteiger charge is 2.24. The average molecular weight is 301 g/mol. The van der Waals surface area contributed by atoms with Crippen molar-refractivity contribution in [3.05, 3.63) is 63.7 Å². The number of urea groups is 1. The molecule has 0 unspecified atom stereocenters. The molecule has 0 fully saturated rings. The minimum Gasteiger partial charge on any atom is -0.316 e. The van der Waals surface area contributed by atoms with Crippen LogP contribution in [0.15, 0.2) is 36.4 Å². The summed E-state index contributed by atoms with van der Waals surface area (Å²) in [4.78, 5) is 14.2. The number of hydrogen-bond donors (Lipinski definition) is 1. The molecule has 0 radical (unpaired) electrons. The zero-order valence-corrected chi connectivity index (χ0v) is 12.9. The summed E-state index contributed by atoms with van der Waals surface area (Å²) in [7, 11) is 0. The molecule has 1 N–H and O–H groups in total. The number of hydrogen-bond acceptors (Lipinski definition) is 1. The molecule has 21 heavy (non-hydrogen) atoms. The van der Waals surface area contributed by atoms with Crippen LogP contribution in [0.5, 0.6) is 0 Å². The summed E-state index contributed by atoms with van der Waals surface area (Å²) in [5.74, 6) is 0. The van der Waals surface area contributed by atoms with Gasteiger partial charge in [0.15, 0.2) is 0 Å². The molecular formula is C17H17ClN2O. The molecular weight excluding hydrogens is 284 g/mol. The Morgan fingerprint density at radius 3 is 2.67 bits per heavy atom. The number of aryl methyl sites for hydroxylation is 2. The lowest BCUT2D eigenvalue weighted by molar-refractivity contribution is 0.212. The summed E-state index contributed by atoms with van der Waals surface area (Å²) in [6, 6.07) is 11.6. The van der Waals surface area contributed by atoms with Gasteiger partial charge in [0.2, 0.25) is 0 Å². The Balaban J connectivity index is 1.75. The summed E-state index contributed by atoms with van der Waals surface area (Å²) < 4.78 is 0. The van der Waals surface area contributed by atoms with E-state index in [1.807, 2.05) is 30.0 Å². The van der Waals surface area contributed by atoms with Crippen LogP contribution in [0.4, 0.5) is 10.5 Å². The van der Waals surface area contributed by atoms with Crippen LogP contribution >= 0.6 is 11.6 Å². The fourth-order valence-corrected chi connectivity index (χ4v) is 2.92. The van der Waals surface area contributed by atoms with E-state index < -0.39 is 0 Å². The molecule has 1 aliphatic rings. The monoisotopic (exact) mass is 300 g/mol. The summed E-state index contributed by atoms with van der Waals surface area (Å²) in [5.41, 5.74) is 5.50. The Kier molecular flexibility index (Phi) is 3.60. The second-order valence-electron chi connectivity index (χ2n) is 5.46. The molecule has 1 heterocycles. The van der Waals surface area contributed by atoms with Crippen LogP contribution in [-0.4, -0.2) is 10.9 Å². The number of anilines is 1. The van der Waals surface area contributed by atoms with Gasteiger partial charge < -0.3 is 10.2 Å². The van der Waals surface area contributed by atoms with Gasteiger partial charge >= 0.3 is 6.03 Å². The number of benzene rings is 2. The first-order valence-electron chi connectivity index (χ1n) is 6.94. The maximum Gasteiger partial charge on any atom is 0.322 e. The van der Waals surface area contributed by atoms with Crippen molar-refractivity contribution in [2.24, 2.45) is 0 Å². The molecule has 108 valence electrons. The first-order chi connectivity index (χ1) is 10.0. The molecule has 2 aromatic carbocycles. The SMILES string of the molecule is Cc1cc(Cl)ccc1NC(=O)N1Cc2cccc(C)c2C1. The van der Waals surface area contributed by atoms with Gasteiger partial charge in [-0.2, -0.15) is 0 Å². The van der Waals surface area contributed by atoms with Gasteiger partial charge in [-0.05, 0) is 54.3 Å². The molecule has 4 heteroatoms. The molecule has 0 bridgehead atoms. The number of halogens is 1. The molecule has 2 aromatic rings. The van der Waals surface area contributed by atoms with Crippen molar-refractivity contribution in [1.82, 2.24) is 4.90 Å². The zero-order chi connectivity index (χ0) is 15.0. The van der Waals surface area contributed by atoms with Crippen molar-refractivity contribution >= 4 is 23.3 Å². The van der Waals surface area contributed by atoms with Crippen LogP contribution in [0.25, 0.3) is 0 Å². The number of nitrogens with zero attached hydrogens (tertiary/aromatic N) is 1. The predicted octanol–water partition coefficient (Wildman–Crippen LogP) is 4.50. The first-order valence-corrected chi connectivity index (χ1v) is 7.32. The third kappa shape index (κ3) is 2.74. The predicted molar refractivity (Wildman–Crippen MR) is 85.6 cm³/mol. The minimum absolute atomic E-state index is 0.0731. The molecule has 1 aliphatic heterocycles. The van der Waals surface area contributed by atoms with Gasteiger partial charge in [-0.25, -0.2) is 4.79 Å². The number of fused-ring (bicyclic) bond motifs is 1. The lowest BCUT2D eigenvalue weighted by atomic mass is 10.1. The average Bonchev–Trinajstić information content (AvgIpc) is 2.87. The number of carbonyl (C=O) groups excluding carboxylic acids is 1. The second-order valence-corrected chi connectivity index (χ2v) is 5.89. The lowest BCUT2D eigenvalue weighted by Gasteiger charge is -2.17. The Morgan fingerprint density at radius 1 is 1.14 bits per heavy atom. The van der Waals surface area contributed by atoms with Crippen molar-refractivity contribution in [3.8, 4) is 0 Å². The lowest BCUT2D eigenvalue weighted by Crippen LogP contribution is -2.30. The van der Waals surface area contributed by atoms with Gasteiger partial charge in [0.05, 0.1) is 0 Å². The number of rotatable bonds is 1. The first kappa shape index (κ1) is 14.0. The zero-order valence-electron chi connectivity index (χ0n) is 12.1. The largest absolute Gasteiger partial charge is 0.322 e. The van der Waals surface area contributed by atoms with E-state index in [1.165, 1.54) is 16.7 Å². The van der Waals surface area contributed by atoms with Crippen molar-refractivity contribution in [2.45, 2.75) is 26.9 Å². The maximum atomic E-state index is 12.4. The van der Waals surface area contributed by atoms with Crippen molar-refractivity contribution in [3.63, 3.8) is 0 Å². The van der Waals surface area contributed by atoms with Crippen LogP contribution in [0.1, 0.15) is 22.3 Å². The van der Waals surface area contributed by atoms with Crippen molar-refractivity contribution < 1.29 is 4.79 Å². The van der Waals surface area contributed by atoms with Crippen molar-refractivity contribution in [2.75, 3.05) is 5.32 Å². The summed E-state index contributed by atoms with van der Waals surface area (Å²) in [6.07, 6.45) is 0. The fraction of sp³-hybridized carbons (Fsp3) is 0.235. The Labute approximate surface area is 129 Å². The minimum atomic E-state index is -0.0731. The van der Waals surface area contributed by atoms with Gasteiger partial charge in [-0.3, -0.25) is 0 Å². The van der Waals surface area contributed by atoms with E-state index >= 15 is 0 Å². The van der Waals surface area contributed by atoms with E-state index in [1.54, 1.807) is 6.07 Å².